The van der Waals surface area contributed by atoms with Gasteiger partial charge in [0.25, 0.3) is 0 Å². The van der Waals surface area contributed by atoms with Gasteiger partial charge in [-0.3, -0.25) is 9.59 Å². The maximum Gasteiger partial charge on any atom is 0.471 e. The van der Waals surface area contributed by atoms with Crippen molar-refractivity contribution in [1.29, 1.82) is 0 Å². The lowest BCUT2D eigenvalue weighted by Gasteiger charge is -2.35. The van der Waals surface area contributed by atoms with Gasteiger partial charge in [0.2, 0.25) is 5.91 Å². The van der Waals surface area contributed by atoms with E-state index < -0.39 is 12.1 Å². The van der Waals surface area contributed by atoms with Gasteiger partial charge in [0.15, 0.2) is 0 Å². The Bertz CT molecular complexity index is 581. The van der Waals surface area contributed by atoms with Crippen LogP contribution >= 0.6 is 0 Å². The molecule has 0 saturated carbocycles. The predicted molar refractivity (Wildman–Crippen MR) is 73.9 cm³/mol. The number of rotatable bonds is 3. The third-order valence-corrected chi connectivity index (χ3v) is 3.73. The lowest BCUT2D eigenvalue weighted by molar-refractivity contribution is -0.187. The second-order valence-corrected chi connectivity index (χ2v) is 5.26. The molecule has 0 atom stereocenters. The summed E-state index contributed by atoms with van der Waals surface area (Å²) in [7, 11) is 0. The third-order valence-electron chi connectivity index (χ3n) is 3.73. The minimum absolute atomic E-state index is 0.0535. The number of halogens is 4. The number of hydrogen-bond donors (Lipinski definition) is 0. The Kier molecular flexibility index (Phi) is 5.23. The molecule has 0 spiro atoms. The quantitative estimate of drug-likeness (QED) is 0.795. The molecule has 0 radical (unpaired) electrons. The van der Waals surface area contributed by atoms with Crippen LogP contribution in [-0.4, -0.2) is 54.0 Å². The van der Waals surface area contributed by atoms with Crippen molar-refractivity contribution in [2.45, 2.75) is 19.0 Å². The number of amides is 2. The monoisotopic (exact) mass is 332 g/mol. The first-order valence-electron chi connectivity index (χ1n) is 7.16. The Labute approximate surface area is 130 Å². The molecule has 2 amide bonds. The Morgan fingerprint density at radius 3 is 2.13 bits per heavy atom. The number of nitrogens with zero attached hydrogens (tertiary/aromatic N) is 2. The van der Waals surface area contributed by atoms with Crippen molar-refractivity contribution >= 4 is 11.8 Å². The molecule has 0 bridgehead atoms. The van der Waals surface area contributed by atoms with Gasteiger partial charge in [0.1, 0.15) is 5.82 Å². The van der Waals surface area contributed by atoms with Crippen molar-refractivity contribution in [3.63, 3.8) is 0 Å². The van der Waals surface area contributed by atoms with Gasteiger partial charge in [0.05, 0.1) is 0 Å². The third kappa shape index (κ3) is 4.43. The van der Waals surface area contributed by atoms with Gasteiger partial charge in [-0.15, -0.1) is 0 Å². The molecule has 1 heterocycles. The molecular formula is C15H16F4N2O2. The molecular weight excluding hydrogens is 316 g/mol. The maximum atomic E-state index is 13.5. The van der Waals surface area contributed by atoms with Crippen LogP contribution in [-0.2, 0) is 16.0 Å². The minimum atomic E-state index is -4.89. The molecule has 1 fully saturated rings. The van der Waals surface area contributed by atoms with E-state index in [1.54, 1.807) is 18.2 Å². The van der Waals surface area contributed by atoms with Crippen LogP contribution in [0.25, 0.3) is 0 Å². The lowest BCUT2D eigenvalue weighted by atomic mass is 10.1. The maximum absolute atomic E-state index is 13.5. The van der Waals surface area contributed by atoms with Gasteiger partial charge in [-0.05, 0) is 18.1 Å². The molecule has 0 unspecified atom stereocenters. The van der Waals surface area contributed by atoms with Gasteiger partial charge < -0.3 is 9.80 Å². The molecule has 0 aromatic heterocycles. The van der Waals surface area contributed by atoms with Crippen molar-refractivity contribution in [3.05, 3.63) is 35.6 Å². The van der Waals surface area contributed by atoms with E-state index in [1.165, 1.54) is 11.0 Å². The summed E-state index contributed by atoms with van der Waals surface area (Å²) in [6.45, 7) is -0.191. The van der Waals surface area contributed by atoms with Crippen LogP contribution in [0, 0.1) is 5.82 Å². The van der Waals surface area contributed by atoms with Gasteiger partial charge in [0, 0.05) is 32.6 Å². The van der Waals surface area contributed by atoms with Crippen LogP contribution in [0.3, 0.4) is 0 Å². The summed E-state index contributed by atoms with van der Waals surface area (Å²) in [5.41, 5.74) is 0.423. The summed E-state index contributed by atoms with van der Waals surface area (Å²) < 4.78 is 50.4. The second kappa shape index (κ2) is 6.97. The van der Waals surface area contributed by atoms with Gasteiger partial charge in [-0.2, -0.15) is 13.2 Å². The van der Waals surface area contributed by atoms with Crippen LogP contribution < -0.4 is 0 Å². The van der Waals surface area contributed by atoms with E-state index in [-0.39, 0.29) is 50.7 Å². The zero-order valence-corrected chi connectivity index (χ0v) is 12.3. The van der Waals surface area contributed by atoms with Crippen LogP contribution in [0.15, 0.2) is 24.3 Å². The molecule has 1 saturated heterocycles. The fraction of sp³-hybridized carbons (Fsp3) is 0.467. The number of benzene rings is 1. The molecule has 1 aliphatic heterocycles. The summed E-state index contributed by atoms with van der Waals surface area (Å²) in [6, 6.07) is 6.12. The smallest absolute Gasteiger partial charge is 0.339 e. The highest BCUT2D eigenvalue weighted by molar-refractivity contribution is 5.82. The number of carbonyl (C=O) groups is 2. The summed E-state index contributed by atoms with van der Waals surface area (Å²) in [6.07, 6.45) is -4.58. The first kappa shape index (κ1) is 17.2. The van der Waals surface area contributed by atoms with Crippen molar-refractivity contribution < 1.29 is 27.2 Å². The molecule has 1 aromatic carbocycles. The van der Waals surface area contributed by atoms with Crippen molar-refractivity contribution in [2.24, 2.45) is 0 Å². The molecule has 0 N–H and O–H groups in total. The van der Waals surface area contributed by atoms with Gasteiger partial charge in [-0.25, -0.2) is 4.39 Å². The number of carbonyl (C=O) groups excluding carboxylic acids is 2. The molecule has 8 heteroatoms. The number of piperazine rings is 1. The van der Waals surface area contributed by atoms with Crippen LogP contribution in [0.5, 0.6) is 0 Å². The van der Waals surface area contributed by atoms with Crippen LogP contribution in [0.1, 0.15) is 12.0 Å². The highest BCUT2D eigenvalue weighted by Gasteiger charge is 2.43. The van der Waals surface area contributed by atoms with E-state index in [0.29, 0.717) is 10.5 Å². The topological polar surface area (TPSA) is 40.6 Å². The second-order valence-electron chi connectivity index (χ2n) is 5.26. The predicted octanol–water partition coefficient (Wildman–Crippen LogP) is 1.99. The Hall–Kier alpha value is -2.12. The summed E-state index contributed by atoms with van der Waals surface area (Å²) in [5.74, 6) is -2.52. The fourth-order valence-electron chi connectivity index (χ4n) is 2.44. The summed E-state index contributed by atoms with van der Waals surface area (Å²) in [5, 5.41) is 0. The van der Waals surface area contributed by atoms with Gasteiger partial charge >= 0.3 is 12.1 Å². The van der Waals surface area contributed by atoms with E-state index in [4.69, 9.17) is 0 Å². The molecule has 0 aliphatic carbocycles. The first-order chi connectivity index (χ1) is 10.8. The lowest BCUT2D eigenvalue weighted by Crippen LogP contribution is -2.53. The summed E-state index contributed by atoms with van der Waals surface area (Å²) in [4.78, 5) is 25.2. The van der Waals surface area contributed by atoms with Crippen LogP contribution in [0.2, 0.25) is 0 Å². The molecule has 4 nitrogen and oxygen atoms in total. The average molecular weight is 332 g/mol. The van der Waals surface area contributed by atoms with Crippen molar-refractivity contribution in [2.75, 3.05) is 26.2 Å². The van der Waals surface area contributed by atoms with Crippen LogP contribution in [0.4, 0.5) is 17.6 Å². The normalized spacial score (nSPS) is 15.7. The minimum Gasteiger partial charge on any atom is -0.339 e. The average Bonchev–Trinajstić information content (AvgIpc) is 2.52. The first-order valence-corrected chi connectivity index (χ1v) is 7.16. The Morgan fingerprint density at radius 2 is 1.57 bits per heavy atom. The van der Waals surface area contributed by atoms with Gasteiger partial charge in [-0.1, -0.05) is 18.2 Å². The summed E-state index contributed by atoms with van der Waals surface area (Å²) >= 11 is 0. The Morgan fingerprint density at radius 1 is 1.00 bits per heavy atom. The molecule has 1 aromatic rings. The number of alkyl halides is 3. The zero-order chi connectivity index (χ0) is 17.0. The Balaban J connectivity index is 1.82. The van der Waals surface area contributed by atoms with Crippen molar-refractivity contribution in [1.82, 2.24) is 9.80 Å². The van der Waals surface area contributed by atoms with E-state index in [9.17, 15) is 27.2 Å². The van der Waals surface area contributed by atoms with E-state index in [2.05, 4.69) is 0 Å². The van der Waals surface area contributed by atoms with Crippen molar-refractivity contribution in [3.8, 4) is 0 Å². The SMILES string of the molecule is O=C(CCc1ccccc1F)N1CCN(C(=O)C(F)(F)F)CC1. The molecule has 23 heavy (non-hydrogen) atoms. The highest BCUT2D eigenvalue weighted by atomic mass is 19.4. The fourth-order valence-corrected chi connectivity index (χ4v) is 2.44. The number of hydrogen-bond acceptors (Lipinski definition) is 2. The van der Waals surface area contributed by atoms with E-state index >= 15 is 0 Å². The molecule has 126 valence electrons. The van der Waals surface area contributed by atoms with E-state index in [1.807, 2.05) is 0 Å². The molecule has 1 aliphatic rings. The standard InChI is InChI=1S/C15H16F4N2O2/c16-12-4-2-1-3-11(12)5-6-13(22)20-7-9-21(10-8-20)14(23)15(17,18)19/h1-4H,5-10H2. The number of aryl methyl sites for hydroxylation is 1. The van der Waals surface area contributed by atoms with E-state index in [0.717, 1.165) is 0 Å². The largest absolute Gasteiger partial charge is 0.471 e. The molecule has 2 rings (SSSR count). The highest BCUT2D eigenvalue weighted by Crippen LogP contribution is 2.19. The zero-order valence-electron chi connectivity index (χ0n) is 12.3.